The smallest absolute Gasteiger partial charge is 0.337 e. The number of rotatable bonds is 7. The van der Waals surface area contributed by atoms with Crippen LogP contribution in [-0.2, 0) is 30.4 Å². The quantitative estimate of drug-likeness (QED) is 0.447. The second-order valence-electron chi connectivity index (χ2n) is 6.63. The minimum absolute atomic E-state index is 0.192. The van der Waals surface area contributed by atoms with E-state index in [0.29, 0.717) is 5.56 Å². The zero-order valence-corrected chi connectivity index (χ0v) is 17.5. The van der Waals surface area contributed by atoms with Crippen molar-refractivity contribution in [1.82, 2.24) is 0 Å². The Labute approximate surface area is 173 Å². The minimum atomic E-state index is -0.308. The number of halogens is 1. The molecule has 0 aromatic heterocycles. The standard InChI is InChI=1S/C24H23FO2.C2H6/c1-27-24(26)22-14-10-20(11-15-22)8-6-18-2-4-19(5-3-18)7-9-21-12-16-23(25)17-13-21;1-2/h2-5,10-17H,6-9H2,1H3;1-2H3. The molecule has 152 valence electrons. The maximum absolute atomic E-state index is 12.9. The summed E-state index contributed by atoms with van der Waals surface area (Å²) in [6.45, 7) is 4.00. The van der Waals surface area contributed by atoms with Gasteiger partial charge in [0, 0.05) is 0 Å². The summed E-state index contributed by atoms with van der Waals surface area (Å²) in [4.78, 5) is 11.5. The largest absolute Gasteiger partial charge is 0.465 e. The number of benzene rings is 3. The first-order valence-electron chi connectivity index (χ1n) is 10.1. The molecule has 0 atom stereocenters. The van der Waals surface area contributed by atoms with Crippen LogP contribution in [-0.4, -0.2) is 13.1 Å². The number of methoxy groups -OCH3 is 1. The fourth-order valence-electron chi connectivity index (χ4n) is 3.03. The molecule has 0 amide bonds. The molecule has 3 aromatic rings. The van der Waals surface area contributed by atoms with Crippen LogP contribution >= 0.6 is 0 Å². The number of carbonyl (C=O) groups excluding carboxylic acids is 1. The first kappa shape index (κ1) is 22.4. The van der Waals surface area contributed by atoms with Crippen LogP contribution in [0.2, 0.25) is 0 Å². The van der Waals surface area contributed by atoms with E-state index in [1.165, 1.54) is 35.9 Å². The summed E-state index contributed by atoms with van der Waals surface area (Å²) in [7, 11) is 1.39. The van der Waals surface area contributed by atoms with Gasteiger partial charge in [0.25, 0.3) is 0 Å². The Morgan fingerprint density at radius 1 is 0.655 bits per heavy atom. The molecule has 0 aliphatic carbocycles. The van der Waals surface area contributed by atoms with Gasteiger partial charge < -0.3 is 4.74 Å². The van der Waals surface area contributed by atoms with E-state index in [1.807, 2.05) is 38.1 Å². The number of carbonyl (C=O) groups is 1. The molecule has 0 N–H and O–H groups in total. The number of hydrogen-bond acceptors (Lipinski definition) is 2. The molecule has 3 heteroatoms. The highest BCUT2D eigenvalue weighted by molar-refractivity contribution is 5.89. The van der Waals surface area contributed by atoms with Gasteiger partial charge in [0.15, 0.2) is 0 Å². The van der Waals surface area contributed by atoms with E-state index in [1.54, 1.807) is 12.1 Å². The Hall–Kier alpha value is -2.94. The summed E-state index contributed by atoms with van der Waals surface area (Å²) in [5.74, 6) is -0.499. The van der Waals surface area contributed by atoms with E-state index in [0.717, 1.165) is 31.2 Å². The predicted molar refractivity (Wildman–Crippen MR) is 117 cm³/mol. The maximum Gasteiger partial charge on any atom is 0.337 e. The van der Waals surface area contributed by atoms with Crippen molar-refractivity contribution in [2.75, 3.05) is 7.11 Å². The van der Waals surface area contributed by atoms with Crippen LogP contribution in [0.15, 0.2) is 72.8 Å². The van der Waals surface area contributed by atoms with Crippen LogP contribution in [0.4, 0.5) is 4.39 Å². The van der Waals surface area contributed by atoms with Crippen molar-refractivity contribution in [1.29, 1.82) is 0 Å². The van der Waals surface area contributed by atoms with Crippen LogP contribution in [0.5, 0.6) is 0 Å². The van der Waals surface area contributed by atoms with E-state index in [4.69, 9.17) is 4.74 Å². The van der Waals surface area contributed by atoms with Crippen molar-refractivity contribution in [3.05, 3.63) is 106 Å². The molecule has 0 heterocycles. The molecule has 3 rings (SSSR count). The lowest BCUT2D eigenvalue weighted by Gasteiger charge is -2.06. The van der Waals surface area contributed by atoms with Gasteiger partial charge in [0.1, 0.15) is 5.82 Å². The van der Waals surface area contributed by atoms with E-state index >= 15 is 0 Å². The van der Waals surface area contributed by atoms with Crippen molar-refractivity contribution in [3.8, 4) is 0 Å². The average molecular weight is 393 g/mol. The van der Waals surface area contributed by atoms with Gasteiger partial charge in [-0.15, -0.1) is 0 Å². The highest BCUT2D eigenvalue weighted by Gasteiger charge is 2.04. The lowest BCUT2D eigenvalue weighted by atomic mass is 10.00. The van der Waals surface area contributed by atoms with Crippen molar-refractivity contribution in [2.24, 2.45) is 0 Å². The van der Waals surface area contributed by atoms with E-state index in [2.05, 4.69) is 24.3 Å². The number of aryl methyl sites for hydroxylation is 4. The summed E-state index contributed by atoms with van der Waals surface area (Å²) in [5.41, 5.74) is 5.49. The van der Waals surface area contributed by atoms with E-state index < -0.39 is 0 Å². The molecule has 29 heavy (non-hydrogen) atoms. The zero-order valence-electron chi connectivity index (χ0n) is 17.5. The molecule has 0 saturated carbocycles. The molecule has 3 aromatic carbocycles. The van der Waals surface area contributed by atoms with Crippen LogP contribution in [0.3, 0.4) is 0 Å². The van der Waals surface area contributed by atoms with Gasteiger partial charge in [-0.25, -0.2) is 9.18 Å². The molecule has 0 aliphatic rings. The Balaban J connectivity index is 0.00000145. The SMILES string of the molecule is CC.COC(=O)c1ccc(CCc2ccc(CCc3ccc(F)cc3)cc2)cc1. The summed E-state index contributed by atoms with van der Waals surface area (Å²) >= 11 is 0. The predicted octanol–water partition coefficient (Wildman–Crippen LogP) is 6.21. The maximum atomic E-state index is 12.9. The lowest BCUT2D eigenvalue weighted by Crippen LogP contribution is -2.01. The zero-order chi connectivity index (χ0) is 21.1. The minimum Gasteiger partial charge on any atom is -0.465 e. The third-order valence-corrected chi connectivity index (χ3v) is 4.72. The summed E-state index contributed by atoms with van der Waals surface area (Å²) < 4.78 is 17.7. The molecular formula is C26H29FO2. The monoisotopic (exact) mass is 392 g/mol. The first-order valence-corrected chi connectivity index (χ1v) is 10.1. The van der Waals surface area contributed by atoms with Crippen molar-refractivity contribution >= 4 is 5.97 Å². The lowest BCUT2D eigenvalue weighted by molar-refractivity contribution is 0.0600. The summed E-state index contributed by atoms with van der Waals surface area (Å²) in [6, 6.07) is 22.9. The highest BCUT2D eigenvalue weighted by Crippen LogP contribution is 2.13. The van der Waals surface area contributed by atoms with Gasteiger partial charge in [0.05, 0.1) is 12.7 Å². The Kier molecular flexibility index (Phi) is 9.10. The molecule has 0 radical (unpaired) electrons. The fraction of sp³-hybridized carbons (Fsp3) is 0.269. The average Bonchev–Trinajstić information content (AvgIpc) is 2.79. The third kappa shape index (κ3) is 7.19. The van der Waals surface area contributed by atoms with Crippen LogP contribution in [0.25, 0.3) is 0 Å². The Morgan fingerprint density at radius 2 is 0.966 bits per heavy atom. The normalized spacial score (nSPS) is 10.1. The number of hydrogen-bond donors (Lipinski definition) is 0. The van der Waals surface area contributed by atoms with Crippen molar-refractivity contribution < 1.29 is 13.9 Å². The number of esters is 1. The first-order chi connectivity index (χ1) is 14.1. The van der Waals surface area contributed by atoms with Gasteiger partial charge >= 0.3 is 5.97 Å². The molecular weight excluding hydrogens is 363 g/mol. The fourth-order valence-corrected chi connectivity index (χ4v) is 3.03. The summed E-state index contributed by atoms with van der Waals surface area (Å²) in [6.07, 6.45) is 3.74. The molecule has 0 aliphatic heterocycles. The second kappa shape index (κ2) is 11.8. The number of ether oxygens (including phenoxy) is 1. The summed E-state index contributed by atoms with van der Waals surface area (Å²) in [5, 5.41) is 0. The molecule has 0 spiro atoms. The van der Waals surface area contributed by atoms with Gasteiger partial charge in [-0.2, -0.15) is 0 Å². The van der Waals surface area contributed by atoms with Crippen LogP contribution in [0.1, 0.15) is 46.5 Å². The molecule has 0 unspecified atom stereocenters. The third-order valence-electron chi connectivity index (χ3n) is 4.72. The molecule has 0 bridgehead atoms. The van der Waals surface area contributed by atoms with Crippen LogP contribution in [0, 0.1) is 5.82 Å². The van der Waals surface area contributed by atoms with E-state index in [-0.39, 0.29) is 11.8 Å². The molecule has 2 nitrogen and oxygen atoms in total. The van der Waals surface area contributed by atoms with Gasteiger partial charge in [0.2, 0.25) is 0 Å². The van der Waals surface area contributed by atoms with Crippen molar-refractivity contribution in [2.45, 2.75) is 39.5 Å². The molecule has 0 fully saturated rings. The van der Waals surface area contributed by atoms with Gasteiger partial charge in [-0.1, -0.05) is 62.4 Å². The van der Waals surface area contributed by atoms with E-state index in [9.17, 15) is 9.18 Å². The molecule has 0 saturated heterocycles. The van der Waals surface area contributed by atoms with Crippen LogP contribution < -0.4 is 0 Å². The van der Waals surface area contributed by atoms with Gasteiger partial charge in [-0.3, -0.25) is 0 Å². The second-order valence-corrected chi connectivity index (χ2v) is 6.63. The van der Waals surface area contributed by atoms with Crippen molar-refractivity contribution in [3.63, 3.8) is 0 Å². The van der Waals surface area contributed by atoms with Gasteiger partial charge in [-0.05, 0) is 72.2 Å². The Bertz CT molecular complexity index is 866. The topological polar surface area (TPSA) is 26.3 Å². The Morgan fingerprint density at radius 3 is 1.31 bits per heavy atom. The highest BCUT2D eigenvalue weighted by atomic mass is 19.1.